The molecule has 0 spiro atoms. The van der Waals surface area contributed by atoms with E-state index in [-0.39, 0.29) is 11.5 Å². The lowest BCUT2D eigenvalue weighted by molar-refractivity contribution is 0.0695. The van der Waals surface area contributed by atoms with Gasteiger partial charge in [-0.3, -0.25) is 0 Å². The molecule has 0 saturated carbocycles. The predicted octanol–water partition coefficient (Wildman–Crippen LogP) is 3.28. The SMILES string of the molecule is CCOCc1c(C(=O)O)sc2cccc(F)c12. The molecular weight excluding hydrogens is 243 g/mol. The summed E-state index contributed by atoms with van der Waals surface area (Å²) in [6.07, 6.45) is 0. The minimum Gasteiger partial charge on any atom is -0.477 e. The van der Waals surface area contributed by atoms with Crippen molar-refractivity contribution in [1.29, 1.82) is 0 Å². The number of fused-ring (bicyclic) bond motifs is 1. The fraction of sp³-hybridized carbons (Fsp3) is 0.250. The highest BCUT2D eigenvalue weighted by Gasteiger charge is 2.19. The summed E-state index contributed by atoms with van der Waals surface area (Å²) in [5, 5.41) is 9.45. The van der Waals surface area contributed by atoms with Gasteiger partial charge in [-0.2, -0.15) is 0 Å². The largest absolute Gasteiger partial charge is 0.477 e. The third-order valence-electron chi connectivity index (χ3n) is 2.41. The Morgan fingerprint density at radius 3 is 2.94 bits per heavy atom. The molecule has 0 atom stereocenters. The van der Waals surface area contributed by atoms with Gasteiger partial charge in [-0.15, -0.1) is 11.3 Å². The quantitative estimate of drug-likeness (QED) is 0.910. The number of rotatable bonds is 4. The lowest BCUT2D eigenvalue weighted by Gasteiger charge is -2.02. The third kappa shape index (κ3) is 2.16. The summed E-state index contributed by atoms with van der Waals surface area (Å²) >= 11 is 1.08. The number of thiophene rings is 1. The zero-order chi connectivity index (χ0) is 12.4. The molecule has 0 aliphatic heterocycles. The van der Waals surface area contributed by atoms with Crippen molar-refractivity contribution < 1.29 is 19.0 Å². The molecule has 0 bridgehead atoms. The first-order valence-corrected chi connectivity index (χ1v) is 5.97. The molecular formula is C12H11FO3S. The van der Waals surface area contributed by atoms with Gasteiger partial charge in [0.2, 0.25) is 0 Å². The monoisotopic (exact) mass is 254 g/mol. The molecule has 0 fully saturated rings. The maximum absolute atomic E-state index is 13.7. The van der Waals surface area contributed by atoms with Gasteiger partial charge < -0.3 is 9.84 Å². The fourth-order valence-corrected chi connectivity index (χ4v) is 2.74. The average molecular weight is 254 g/mol. The maximum Gasteiger partial charge on any atom is 0.346 e. The molecule has 17 heavy (non-hydrogen) atoms. The molecule has 90 valence electrons. The molecule has 2 aromatic rings. The lowest BCUT2D eigenvalue weighted by Crippen LogP contribution is -2.00. The summed E-state index contributed by atoms with van der Waals surface area (Å²) in [5.74, 6) is -1.44. The number of aromatic carboxylic acids is 1. The smallest absolute Gasteiger partial charge is 0.346 e. The minimum absolute atomic E-state index is 0.124. The summed E-state index contributed by atoms with van der Waals surface area (Å²) in [4.78, 5) is 11.2. The number of hydrogen-bond acceptors (Lipinski definition) is 3. The molecule has 3 nitrogen and oxygen atoms in total. The zero-order valence-electron chi connectivity index (χ0n) is 9.20. The van der Waals surface area contributed by atoms with Crippen LogP contribution in [-0.4, -0.2) is 17.7 Å². The highest BCUT2D eigenvalue weighted by Crippen LogP contribution is 2.33. The van der Waals surface area contributed by atoms with Gasteiger partial charge in [0.1, 0.15) is 10.7 Å². The fourth-order valence-electron chi connectivity index (χ4n) is 1.68. The standard InChI is InChI=1S/C12H11FO3S/c1-2-16-6-7-10-8(13)4-3-5-9(10)17-11(7)12(14)15/h3-5H,2,6H2,1H3,(H,14,15). The molecule has 0 radical (unpaired) electrons. The van der Waals surface area contributed by atoms with E-state index in [1.165, 1.54) is 6.07 Å². The number of hydrogen-bond donors (Lipinski definition) is 1. The van der Waals surface area contributed by atoms with Gasteiger partial charge in [-0.25, -0.2) is 9.18 Å². The lowest BCUT2D eigenvalue weighted by atomic mass is 10.1. The van der Waals surface area contributed by atoms with Gasteiger partial charge in [-0.05, 0) is 19.1 Å². The Kier molecular flexibility index (Phi) is 3.40. The first-order valence-electron chi connectivity index (χ1n) is 5.16. The van der Waals surface area contributed by atoms with Crippen LogP contribution in [0.4, 0.5) is 4.39 Å². The van der Waals surface area contributed by atoms with Crippen molar-refractivity contribution in [3.8, 4) is 0 Å². The van der Waals surface area contributed by atoms with Crippen LogP contribution in [0, 0.1) is 5.82 Å². The molecule has 0 amide bonds. The third-order valence-corrected chi connectivity index (χ3v) is 3.59. The van der Waals surface area contributed by atoms with Crippen molar-refractivity contribution in [1.82, 2.24) is 0 Å². The van der Waals surface area contributed by atoms with Crippen LogP contribution in [0.3, 0.4) is 0 Å². The summed E-state index contributed by atoms with van der Waals surface area (Å²) in [6.45, 7) is 2.40. The zero-order valence-corrected chi connectivity index (χ0v) is 10.0. The van der Waals surface area contributed by atoms with Crippen LogP contribution in [0.25, 0.3) is 10.1 Å². The van der Waals surface area contributed by atoms with Crippen LogP contribution in [0.5, 0.6) is 0 Å². The van der Waals surface area contributed by atoms with Crippen molar-refractivity contribution in [2.24, 2.45) is 0 Å². The van der Waals surface area contributed by atoms with Gasteiger partial charge in [0.15, 0.2) is 0 Å². The van der Waals surface area contributed by atoms with Crippen molar-refractivity contribution in [3.63, 3.8) is 0 Å². The Morgan fingerprint density at radius 2 is 2.29 bits per heavy atom. The van der Waals surface area contributed by atoms with Crippen LogP contribution < -0.4 is 0 Å². The van der Waals surface area contributed by atoms with E-state index in [9.17, 15) is 9.18 Å². The summed E-state index contributed by atoms with van der Waals surface area (Å²) in [6, 6.07) is 4.62. The first kappa shape index (κ1) is 12.0. The van der Waals surface area contributed by atoms with E-state index in [2.05, 4.69) is 0 Å². The second kappa shape index (κ2) is 4.81. The van der Waals surface area contributed by atoms with Crippen LogP contribution in [0.2, 0.25) is 0 Å². The van der Waals surface area contributed by atoms with Gasteiger partial charge in [0.25, 0.3) is 0 Å². The molecule has 1 aromatic heterocycles. The van der Waals surface area contributed by atoms with Crippen LogP contribution in [0.1, 0.15) is 22.2 Å². The Hall–Kier alpha value is -1.46. The maximum atomic E-state index is 13.7. The Labute approximate surface area is 101 Å². The Bertz CT molecular complexity index is 562. The number of carboxylic acids is 1. The van der Waals surface area contributed by atoms with Crippen molar-refractivity contribution in [2.75, 3.05) is 6.61 Å². The number of halogens is 1. The summed E-state index contributed by atoms with van der Waals surface area (Å²) < 4.78 is 19.6. The van der Waals surface area contributed by atoms with E-state index in [1.54, 1.807) is 12.1 Å². The summed E-state index contributed by atoms with van der Waals surface area (Å²) in [7, 11) is 0. The van der Waals surface area contributed by atoms with E-state index in [0.717, 1.165) is 11.3 Å². The molecule has 5 heteroatoms. The van der Waals surface area contributed by atoms with Crippen LogP contribution >= 0.6 is 11.3 Å². The van der Waals surface area contributed by atoms with Crippen molar-refractivity contribution in [3.05, 3.63) is 34.5 Å². The van der Waals surface area contributed by atoms with Crippen molar-refractivity contribution >= 4 is 27.4 Å². The van der Waals surface area contributed by atoms with Crippen LogP contribution in [0.15, 0.2) is 18.2 Å². The molecule has 1 N–H and O–H groups in total. The minimum atomic E-state index is -1.04. The van der Waals surface area contributed by atoms with Gasteiger partial charge >= 0.3 is 5.97 Å². The highest BCUT2D eigenvalue weighted by molar-refractivity contribution is 7.21. The number of carboxylic acid groups (broad SMARTS) is 1. The topological polar surface area (TPSA) is 46.5 Å². The second-order valence-electron chi connectivity index (χ2n) is 3.47. The second-order valence-corrected chi connectivity index (χ2v) is 4.52. The van der Waals surface area contributed by atoms with Gasteiger partial charge in [0, 0.05) is 22.3 Å². The molecule has 0 aliphatic rings. The molecule has 0 aliphatic carbocycles. The van der Waals surface area contributed by atoms with E-state index < -0.39 is 11.8 Å². The van der Waals surface area contributed by atoms with Crippen LogP contribution in [-0.2, 0) is 11.3 Å². The van der Waals surface area contributed by atoms with Gasteiger partial charge in [-0.1, -0.05) is 6.07 Å². The summed E-state index contributed by atoms with van der Waals surface area (Å²) in [5.41, 5.74) is 0.428. The molecule has 2 rings (SSSR count). The Morgan fingerprint density at radius 1 is 1.53 bits per heavy atom. The van der Waals surface area contributed by atoms with E-state index in [0.29, 0.717) is 22.3 Å². The van der Waals surface area contributed by atoms with Crippen molar-refractivity contribution in [2.45, 2.75) is 13.5 Å². The number of ether oxygens (including phenoxy) is 1. The average Bonchev–Trinajstić information content (AvgIpc) is 2.66. The number of benzene rings is 1. The van der Waals surface area contributed by atoms with E-state index in [4.69, 9.17) is 9.84 Å². The first-order chi connectivity index (χ1) is 8.15. The van der Waals surface area contributed by atoms with E-state index in [1.807, 2.05) is 6.92 Å². The normalized spacial score (nSPS) is 10.9. The Balaban J connectivity index is 2.64. The molecule has 0 unspecified atom stereocenters. The molecule has 1 aromatic carbocycles. The van der Waals surface area contributed by atoms with E-state index >= 15 is 0 Å². The van der Waals surface area contributed by atoms with Gasteiger partial charge in [0.05, 0.1) is 6.61 Å². The molecule has 0 saturated heterocycles. The molecule has 1 heterocycles. The number of carbonyl (C=O) groups is 1. The highest BCUT2D eigenvalue weighted by atomic mass is 32.1. The predicted molar refractivity (Wildman–Crippen MR) is 64.1 cm³/mol.